The molecule has 0 atom stereocenters. The molecule has 0 aliphatic carbocycles. The Kier molecular flexibility index (Phi) is 7.63. The first-order chi connectivity index (χ1) is 17.1. The Hall–Kier alpha value is -4.32. The molecule has 0 saturated heterocycles. The fourth-order valence-electron chi connectivity index (χ4n) is 3.90. The highest BCUT2D eigenvalue weighted by atomic mass is 16.5. The van der Waals surface area contributed by atoms with Crippen LogP contribution in [0.5, 0.6) is 11.5 Å². The molecule has 6 heteroatoms. The molecule has 0 bridgehead atoms. The first-order valence-electron chi connectivity index (χ1n) is 11.7. The van der Waals surface area contributed by atoms with Crippen LogP contribution in [0.25, 0.3) is 10.8 Å². The standard InChI is InChI=1S/C29H28N2O4/c1-3-34-26-19-25(31-29(33)21-12-6-5-7-13-21)27(35-4-2)18-24(26)30-28(32)17-22-15-10-14-20-11-8-9-16-23(20)22/h5-16,18-19H,3-4,17H2,1-2H3,(H,30,32)(H,31,33). The first kappa shape index (κ1) is 23.8. The Morgan fingerprint density at radius 2 is 1.31 bits per heavy atom. The zero-order chi connectivity index (χ0) is 24.6. The maximum atomic E-state index is 13.0. The van der Waals surface area contributed by atoms with Gasteiger partial charge >= 0.3 is 0 Å². The molecule has 0 spiro atoms. The molecule has 2 amide bonds. The number of hydrogen-bond donors (Lipinski definition) is 2. The number of carbonyl (C=O) groups is 2. The van der Waals surface area contributed by atoms with Gasteiger partial charge < -0.3 is 20.1 Å². The molecule has 4 rings (SSSR count). The van der Waals surface area contributed by atoms with Gasteiger partial charge in [-0.2, -0.15) is 0 Å². The highest BCUT2D eigenvalue weighted by Crippen LogP contribution is 2.37. The van der Waals surface area contributed by atoms with Gasteiger partial charge in [-0.15, -0.1) is 0 Å². The lowest BCUT2D eigenvalue weighted by Gasteiger charge is -2.18. The SMILES string of the molecule is CCOc1cc(NC(=O)c2ccccc2)c(OCC)cc1NC(=O)Cc1cccc2ccccc12. The second-order valence-electron chi connectivity index (χ2n) is 7.89. The summed E-state index contributed by atoms with van der Waals surface area (Å²) in [4.78, 5) is 25.8. The van der Waals surface area contributed by atoms with Crippen molar-refractivity contribution >= 4 is 34.0 Å². The third kappa shape index (κ3) is 5.79. The van der Waals surface area contributed by atoms with E-state index >= 15 is 0 Å². The zero-order valence-corrected chi connectivity index (χ0v) is 19.8. The van der Waals surface area contributed by atoms with Crippen molar-refractivity contribution in [3.05, 3.63) is 96.1 Å². The van der Waals surface area contributed by atoms with Gasteiger partial charge in [0.25, 0.3) is 5.91 Å². The van der Waals surface area contributed by atoms with Gasteiger partial charge in [0, 0.05) is 17.7 Å². The maximum absolute atomic E-state index is 13.0. The molecule has 0 aliphatic heterocycles. The van der Waals surface area contributed by atoms with E-state index in [0.29, 0.717) is 41.7 Å². The Morgan fingerprint density at radius 1 is 0.714 bits per heavy atom. The van der Waals surface area contributed by atoms with E-state index in [9.17, 15) is 9.59 Å². The lowest BCUT2D eigenvalue weighted by atomic mass is 10.0. The molecule has 35 heavy (non-hydrogen) atoms. The van der Waals surface area contributed by atoms with Crippen molar-refractivity contribution < 1.29 is 19.1 Å². The molecule has 4 aromatic rings. The van der Waals surface area contributed by atoms with Gasteiger partial charge in [0.15, 0.2) is 0 Å². The normalized spacial score (nSPS) is 10.6. The Balaban J connectivity index is 1.60. The molecule has 0 fully saturated rings. The molecular weight excluding hydrogens is 440 g/mol. The average molecular weight is 469 g/mol. The van der Waals surface area contributed by atoms with E-state index in [1.165, 1.54) is 0 Å². The average Bonchev–Trinajstić information content (AvgIpc) is 2.87. The molecule has 0 saturated carbocycles. The summed E-state index contributed by atoms with van der Waals surface area (Å²) in [7, 11) is 0. The third-order valence-electron chi connectivity index (χ3n) is 5.47. The predicted octanol–water partition coefficient (Wildman–Crippen LogP) is 6.07. The van der Waals surface area contributed by atoms with Gasteiger partial charge in [-0.1, -0.05) is 60.7 Å². The highest BCUT2D eigenvalue weighted by molar-refractivity contribution is 6.06. The van der Waals surface area contributed by atoms with Crippen LogP contribution in [-0.4, -0.2) is 25.0 Å². The second-order valence-corrected chi connectivity index (χ2v) is 7.89. The molecule has 178 valence electrons. The maximum Gasteiger partial charge on any atom is 0.255 e. The van der Waals surface area contributed by atoms with Crippen LogP contribution in [0, 0.1) is 0 Å². The molecule has 2 N–H and O–H groups in total. The van der Waals surface area contributed by atoms with Gasteiger partial charge in [0.1, 0.15) is 11.5 Å². The molecule has 6 nitrogen and oxygen atoms in total. The van der Waals surface area contributed by atoms with Crippen LogP contribution in [0.3, 0.4) is 0 Å². The van der Waals surface area contributed by atoms with Crippen molar-refractivity contribution in [2.24, 2.45) is 0 Å². The number of ether oxygens (including phenoxy) is 2. The van der Waals surface area contributed by atoms with Crippen molar-refractivity contribution in [3.63, 3.8) is 0 Å². The smallest absolute Gasteiger partial charge is 0.255 e. The Labute approximate surface area is 204 Å². The summed E-state index contributed by atoms with van der Waals surface area (Å²) in [5, 5.41) is 7.99. The molecular formula is C29H28N2O4. The third-order valence-corrected chi connectivity index (χ3v) is 5.47. The van der Waals surface area contributed by atoms with Gasteiger partial charge in [-0.3, -0.25) is 9.59 Å². The van der Waals surface area contributed by atoms with Crippen LogP contribution >= 0.6 is 0 Å². The predicted molar refractivity (Wildman–Crippen MR) is 139 cm³/mol. The van der Waals surface area contributed by atoms with E-state index < -0.39 is 0 Å². The minimum absolute atomic E-state index is 0.175. The molecule has 0 heterocycles. The summed E-state index contributed by atoms with van der Waals surface area (Å²) in [6, 6.07) is 26.2. The van der Waals surface area contributed by atoms with Crippen LogP contribution in [-0.2, 0) is 11.2 Å². The van der Waals surface area contributed by atoms with Crippen molar-refractivity contribution in [2.75, 3.05) is 23.8 Å². The summed E-state index contributed by atoms with van der Waals surface area (Å²) in [5.41, 5.74) is 2.42. The van der Waals surface area contributed by atoms with Crippen molar-refractivity contribution in [1.82, 2.24) is 0 Å². The Bertz CT molecular complexity index is 1330. The van der Waals surface area contributed by atoms with E-state index in [0.717, 1.165) is 16.3 Å². The van der Waals surface area contributed by atoms with Crippen LogP contribution in [0.1, 0.15) is 29.8 Å². The minimum atomic E-state index is -0.262. The topological polar surface area (TPSA) is 76.7 Å². The molecule has 0 aromatic heterocycles. The number of hydrogen-bond acceptors (Lipinski definition) is 4. The van der Waals surface area contributed by atoms with E-state index in [2.05, 4.69) is 10.6 Å². The molecule has 0 aliphatic rings. The first-order valence-corrected chi connectivity index (χ1v) is 11.7. The van der Waals surface area contributed by atoms with Crippen molar-refractivity contribution in [1.29, 1.82) is 0 Å². The van der Waals surface area contributed by atoms with Crippen LogP contribution < -0.4 is 20.1 Å². The van der Waals surface area contributed by atoms with Crippen LogP contribution in [0.4, 0.5) is 11.4 Å². The van der Waals surface area contributed by atoms with Crippen molar-refractivity contribution in [2.45, 2.75) is 20.3 Å². The molecule has 0 unspecified atom stereocenters. The van der Waals surface area contributed by atoms with Gasteiger partial charge in [0.05, 0.1) is 31.0 Å². The van der Waals surface area contributed by atoms with Gasteiger partial charge in [0.2, 0.25) is 5.91 Å². The fraction of sp³-hybridized carbons (Fsp3) is 0.172. The van der Waals surface area contributed by atoms with Crippen LogP contribution in [0.2, 0.25) is 0 Å². The minimum Gasteiger partial charge on any atom is -0.492 e. The fourth-order valence-corrected chi connectivity index (χ4v) is 3.90. The number of nitrogens with one attached hydrogen (secondary N) is 2. The van der Waals surface area contributed by atoms with Crippen molar-refractivity contribution in [3.8, 4) is 11.5 Å². The van der Waals surface area contributed by atoms with E-state index in [1.54, 1.807) is 36.4 Å². The summed E-state index contributed by atoms with van der Waals surface area (Å²) in [6.45, 7) is 4.51. The number of amides is 2. The monoisotopic (exact) mass is 468 g/mol. The molecule has 0 radical (unpaired) electrons. The number of carbonyl (C=O) groups excluding carboxylic acids is 2. The number of benzene rings is 4. The van der Waals surface area contributed by atoms with Gasteiger partial charge in [-0.25, -0.2) is 0 Å². The summed E-state index contributed by atoms with van der Waals surface area (Å²) in [6.07, 6.45) is 0.212. The number of anilines is 2. The second kappa shape index (κ2) is 11.2. The summed E-state index contributed by atoms with van der Waals surface area (Å²) >= 11 is 0. The zero-order valence-electron chi connectivity index (χ0n) is 19.8. The van der Waals surface area contributed by atoms with Gasteiger partial charge in [-0.05, 0) is 42.3 Å². The lowest BCUT2D eigenvalue weighted by molar-refractivity contribution is -0.115. The van der Waals surface area contributed by atoms with E-state index in [4.69, 9.17) is 9.47 Å². The lowest BCUT2D eigenvalue weighted by Crippen LogP contribution is -2.17. The highest BCUT2D eigenvalue weighted by Gasteiger charge is 2.17. The number of fused-ring (bicyclic) bond motifs is 1. The quantitative estimate of drug-likeness (QED) is 0.313. The van der Waals surface area contributed by atoms with Crippen LogP contribution in [0.15, 0.2) is 84.9 Å². The van der Waals surface area contributed by atoms with E-state index in [1.807, 2.05) is 62.4 Å². The largest absolute Gasteiger partial charge is 0.492 e. The number of rotatable bonds is 9. The van der Waals surface area contributed by atoms with E-state index in [-0.39, 0.29) is 18.2 Å². The molecule has 4 aromatic carbocycles. The summed E-state index contributed by atoms with van der Waals surface area (Å²) < 4.78 is 11.6. The Morgan fingerprint density at radius 3 is 2.00 bits per heavy atom. The summed E-state index contributed by atoms with van der Waals surface area (Å²) in [5.74, 6) is 0.457.